The lowest BCUT2D eigenvalue weighted by Gasteiger charge is -2.44. The Labute approximate surface area is 155 Å². The van der Waals surface area contributed by atoms with E-state index in [1.54, 1.807) is 0 Å². The third kappa shape index (κ3) is 8.92. The Kier molecular flexibility index (Phi) is 10.3. The molecular formula is C17H42N2O5Si+2. The van der Waals surface area contributed by atoms with Gasteiger partial charge in [0, 0.05) is 12.5 Å². The number of hydrogen-bond acceptors (Lipinski definition) is 5. The van der Waals surface area contributed by atoms with Gasteiger partial charge in [-0.15, -0.1) is 0 Å². The molecule has 0 aliphatic carbocycles. The zero-order chi connectivity index (χ0) is 19.8. The molecule has 4 N–H and O–H groups in total. The molecule has 25 heavy (non-hydrogen) atoms. The molecule has 0 fully saturated rings. The predicted octanol–water partition coefficient (Wildman–Crippen LogP) is 0.0128. The standard InChI is InChI=1S/C17H42N2O5Si/c1-7-8-9-11-19(5,6)12-10-13-25(22,23)24-16-17(14-20,15-21)18(2,3)4/h20-23H,7-16H2,1-6H3/q+2. The lowest BCUT2D eigenvalue weighted by Crippen LogP contribution is -2.65. The smallest absolute Gasteiger partial charge is 0.390 e. The van der Waals surface area contributed by atoms with Crippen molar-refractivity contribution >= 4 is 8.80 Å². The van der Waals surface area contributed by atoms with Crippen molar-refractivity contribution in [2.75, 3.05) is 68.1 Å². The predicted molar refractivity (Wildman–Crippen MR) is 102 cm³/mol. The first-order chi connectivity index (χ1) is 11.3. The van der Waals surface area contributed by atoms with Gasteiger partial charge in [-0.2, -0.15) is 0 Å². The Morgan fingerprint density at radius 2 is 1.40 bits per heavy atom. The molecule has 152 valence electrons. The highest BCUT2D eigenvalue weighted by molar-refractivity contribution is 6.57. The normalized spacial score (nSPS) is 14.2. The van der Waals surface area contributed by atoms with Crippen LogP contribution in [0.15, 0.2) is 0 Å². The molecule has 0 heterocycles. The highest BCUT2D eigenvalue weighted by atomic mass is 28.4. The molecule has 0 rings (SSSR count). The van der Waals surface area contributed by atoms with Gasteiger partial charge in [-0.3, -0.25) is 0 Å². The number of aliphatic hydroxyl groups is 2. The third-order valence-electron chi connectivity index (χ3n) is 5.22. The summed E-state index contributed by atoms with van der Waals surface area (Å²) in [6.07, 6.45) is 4.27. The van der Waals surface area contributed by atoms with Crippen molar-refractivity contribution in [3.63, 3.8) is 0 Å². The Balaban J connectivity index is 4.49. The molecule has 0 atom stereocenters. The van der Waals surface area contributed by atoms with Crippen molar-refractivity contribution in [1.82, 2.24) is 0 Å². The lowest BCUT2D eigenvalue weighted by molar-refractivity contribution is -0.925. The highest BCUT2D eigenvalue weighted by Gasteiger charge is 2.46. The van der Waals surface area contributed by atoms with E-state index in [1.807, 2.05) is 21.1 Å². The molecular weight excluding hydrogens is 340 g/mol. The summed E-state index contributed by atoms with van der Waals surface area (Å²) in [6.45, 7) is 3.46. The van der Waals surface area contributed by atoms with Crippen LogP contribution in [0.2, 0.25) is 6.04 Å². The minimum atomic E-state index is -3.80. The van der Waals surface area contributed by atoms with Crippen LogP contribution >= 0.6 is 0 Å². The Morgan fingerprint density at radius 3 is 1.84 bits per heavy atom. The molecule has 0 radical (unpaired) electrons. The topological polar surface area (TPSA) is 90.2 Å². The van der Waals surface area contributed by atoms with Crippen molar-refractivity contribution in [3.8, 4) is 0 Å². The van der Waals surface area contributed by atoms with Gasteiger partial charge in [-0.1, -0.05) is 13.3 Å². The van der Waals surface area contributed by atoms with Gasteiger partial charge in [0.15, 0.2) is 5.54 Å². The minimum absolute atomic E-state index is 0.0858. The van der Waals surface area contributed by atoms with Crippen molar-refractivity contribution in [3.05, 3.63) is 0 Å². The van der Waals surface area contributed by atoms with Crippen molar-refractivity contribution in [2.45, 2.75) is 44.2 Å². The number of unbranched alkanes of at least 4 members (excludes halogenated alkanes) is 2. The SMILES string of the molecule is CCCCC[N+](C)(C)CCC[Si](O)(O)OCC(CO)(CO)[N+](C)(C)C. The monoisotopic (exact) mass is 382 g/mol. The van der Waals surface area contributed by atoms with Gasteiger partial charge in [0.05, 0.1) is 54.9 Å². The molecule has 0 unspecified atom stereocenters. The fraction of sp³-hybridized carbons (Fsp3) is 1.00. The van der Waals surface area contributed by atoms with E-state index in [9.17, 15) is 19.8 Å². The maximum absolute atomic E-state index is 10.2. The maximum Gasteiger partial charge on any atom is 0.495 e. The zero-order valence-electron chi connectivity index (χ0n) is 17.2. The number of nitrogens with zero attached hydrogens (tertiary/aromatic N) is 2. The Morgan fingerprint density at radius 1 is 0.880 bits per heavy atom. The first-order valence-corrected chi connectivity index (χ1v) is 11.3. The largest absolute Gasteiger partial charge is 0.495 e. The number of aliphatic hydroxyl groups excluding tert-OH is 2. The van der Waals surface area contributed by atoms with Gasteiger partial charge in [0.2, 0.25) is 0 Å². The fourth-order valence-electron chi connectivity index (χ4n) is 2.72. The first kappa shape index (κ1) is 24.9. The van der Waals surface area contributed by atoms with E-state index < -0.39 is 14.3 Å². The van der Waals surface area contributed by atoms with E-state index in [0.29, 0.717) is 6.42 Å². The summed E-state index contributed by atoms with van der Waals surface area (Å²) >= 11 is 0. The first-order valence-electron chi connectivity index (χ1n) is 9.29. The van der Waals surface area contributed by atoms with Crippen LogP contribution in [-0.4, -0.2) is 111 Å². The Bertz CT molecular complexity index is 369. The van der Waals surface area contributed by atoms with Gasteiger partial charge in [-0.05, 0) is 12.8 Å². The second-order valence-corrected chi connectivity index (χ2v) is 11.1. The van der Waals surface area contributed by atoms with Gasteiger partial charge >= 0.3 is 8.80 Å². The molecule has 0 saturated heterocycles. The van der Waals surface area contributed by atoms with E-state index in [-0.39, 0.29) is 30.3 Å². The summed E-state index contributed by atoms with van der Waals surface area (Å²) in [6, 6.07) is 0.229. The Hall–Kier alpha value is -0.0631. The van der Waals surface area contributed by atoms with E-state index in [0.717, 1.165) is 17.6 Å². The number of quaternary nitrogens is 2. The van der Waals surface area contributed by atoms with Crippen molar-refractivity contribution in [2.24, 2.45) is 0 Å². The van der Waals surface area contributed by atoms with Crippen LogP contribution in [0.5, 0.6) is 0 Å². The minimum Gasteiger partial charge on any atom is -0.390 e. The van der Waals surface area contributed by atoms with Crippen LogP contribution < -0.4 is 0 Å². The number of hydrogen-bond donors (Lipinski definition) is 4. The average molecular weight is 383 g/mol. The number of likely N-dealkylation sites (N-methyl/N-ethyl adjacent to an activating group) is 1. The molecule has 0 aromatic rings. The van der Waals surface area contributed by atoms with Crippen molar-refractivity contribution < 1.29 is 33.2 Å². The average Bonchev–Trinajstić information content (AvgIpc) is 2.47. The highest BCUT2D eigenvalue weighted by Crippen LogP contribution is 2.21. The molecule has 0 spiro atoms. The second-order valence-electron chi connectivity index (χ2n) is 8.78. The molecule has 0 amide bonds. The van der Waals surface area contributed by atoms with Gasteiger partial charge in [0.25, 0.3) is 0 Å². The molecule has 0 aliphatic heterocycles. The summed E-state index contributed by atoms with van der Waals surface area (Å²) in [7, 11) is 6.03. The zero-order valence-corrected chi connectivity index (χ0v) is 18.2. The summed E-state index contributed by atoms with van der Waals surface area (Å²) in [5.41, 5.74) is -0.959. The third-order valence-corrected chi connectivity index (χ3v) is 6.83. The van der Waals surface area contributed by atoms with Crippen LogP contribution in [0, 0.1) is 0 Å². The molecule has 0 aliphatic rings. The summed E-state index contributed by atoms with van der Waals surface area (Å²) in [5, 5.41) is 19.4. The molecule has 0 aromatic heterocycles. The summed E-state index contributed by atoms with van der Waals surface area (Å²) in [4.78, 5) is 20.5. The molecule has 0 saturated carbocycles. The van der Waals surface area contributed by atoms with Crippen molar-refractivity contribution in [1.29, 1.82) is 0 Å². The summed E-state index contributed by atoms with van der Waals surface area (Å²) < 4.78 is 6.56. The lowest BCUT2D eigenvalue weighted by atomic mass is 9.99. The maximum atomic E-state index is 10.2. The second kappa shape index (κ2) is 10.3. The van der Waals surface area contributed by atoms with E-state index >= 15 is 0 Å². The van der Waals surface area contributed by atoms with Gasteiger partial charge < -0.3 is 33.2 Å². The molecule has 0 aromatic carbocycles. The van der Waals surface area contributed by atoms with Crippen LogP contribution in [0.3, 0.4) is 0 Å². The summed E-state index contributed by atoms with van der Waals surface area (Å²) in [5.74, 6) is 0. The van der Waals surface area contributed by atoms with Gasteiger partial charge in [-0.25, -0.2) is 0 Å². The van der Waals surface area contributed by atoms with Crippen LogP contribution in [-0.2, 0) is 4.43 Å². The van der Waals surface area contributed by atoms with E-state index in [4.69, 9.17) is 4.43 Å². The molecule has 0 bridgehead atoms. The molecule has 8 heteroatoms. The van der Waals surface area contributed by atoms with E-state index in [1.165, 1.54) is 19.3 Å². The molecule has 7 nitrogen and oxygen atoms in total. The number of rotatable bonds is 14. The van der Waals surface area contributed by atoms with Crippen LogP contribution in [0.4, 0.5) is 0 Å². The van der Waals surface area contributed by atoms with Crippen LogP contribution in [0.1, 0.15) is 32.6 Å². The van der Waals surface area contributed by atoms with Crippen LogP contribution in [0.25, 0.3) is 0 Å². The quantitative estimate of drug-likeness (QED) is 0.193. The fourth-order valence-corrected chi connectivity index (χ4v) is 3.98. The van der Waals surface area contributed by atoms with Gasteiger partial charge in [0.1, 0.15) is 13.2 Å². The van der Waals surface area contributed by atoms with E-state index in [2.05, 4.69) is 21.0 Å².